The topological polar surface area (TPSA) is 146 Å². The van der Waals surface area contributed by atoms with E-state index in [0.717, 1.165) is 81.7 Å². The first kappa shape index (κ1) is 24.1. The molecule has 0 bridgehead atoms. The Hall–Kier alpha value is -5.25. The van der Waals surface area contributed by atoms with Gasteiger partial charge in [0, 0.05) is 59.7 Å². The summed E-state index contributed by atoms with van der Waals surface area (Å²) < 4.78 is 0. The number of rotatable bonds is 0. The van der Waals surface area contributed by atoms with Crippen molar-refractivity contribution in [2.24, 2.45) is 0 Å². The number of hydrogen-bond donors (Lipinski definition) is 5. The lowest BCUT2D eigenvalue weighted by atomic mass is 9.78. The Kier molecular flexibility index (Phi) is 4.12. The number of carbonyl (C=O) groups is 5. The normalized spacial score (nSPS) is 19.3. The SMILES string of the molecule is O=C1NCCc2c1c1c3c(c4c5c(c6c7c(c8c9c(c2c2c1c4c6c82)C(=O)NCC9)C(=O)NCC7)C(=O)NCC5)C(=O)NCC3. The summed E-state index contributed by atoms with van der Waals surface area (Å²) in [6, 6.07) is 0. The van der Waals surface area contributed by atoms with Gasteiger partial charge >= 0.3 is 0 Å². The van der Waals surface area contributed by atoms with Crippen LogP contribution in [0.4, 0.5) is 0 Å². The van der Waals surface area contributed by atoms with Crippen LogP contribution in [0.25, 0.3) is 53.9 Å². The third-order valence-corrected chi connectivity index (χ3v) is 11.2. The summed E-state index contributed by atoms with van der Waals surface area (Å²) in [6.07, 6.45) is 2.72. The highest BCUT2D eigenvalue weighted by atomic mass is 16.2. The second-order valence-electron chi connectivity index (χ2n) is 13.0. The van der Waals surface area contributed by atoms with Crippen LogP contribution in [0, 0.1) is 0 Å². The van der Waals surface area contributed by atoms with Crippen molar-refractivity contribution in [2.75, 3.05) is 32.7 Å². The summed E-state index contributed by atoms with van der Waals surface area (Å²) >= 11 is 0. The van der Waals surface area contributed by atoms with Crippen molar-refractivity contribution < 1.29 is 24.0 Å². The molecule has 0 radical (unpaired) electrons. The summed E-state index contributed by atoms with van der Waals surface area (Å²) in [5, 5.41) is 23.6. The Labute approximate surface area is 254 Å². The van der Waals surface area contributed by atoms with E-state index in [1.807, 2.05) is 0 Å². The molecule has 0 atom stereocenters. The van der Waals surface area contributed by atoms with Crippen molar-refractivity contribution in [3.05, 3.63) is 55.6 Å². The van der Waals surface area contributed by atoms with Crippen molar-refractivity contribution in [1.29, 1.82) is 0 Å². The minimum absolute atomic E-state index is 0.195. The number of nitrogens with one attached hydrogen (secondary N) is 5. The van der Waals surface area contributed by atoms with Gasteiger partial charge in [-0.25, -0.2) is 0 Å². The molecule has 0 spiro atoms. The van der Waals surface area contributed by atoms with Crippen molar-refractivity contribution in [1.82, 2.24) is 26.6 Å². The minimum atomic E-state index is -0.195. The van der Waals surface area contributed by atoms with Crippen molar-refractivity contribution >= 4 is 83.4 Å². The van der Waals surface area contributed by atoms with E-state index >= 15 is 0 Å². The molecule has 0 fully saturated rings. The van der Waals surface area contributed by atoms with Crippen molar-refractivity contribution in [2.45, 2.75) is 32.1 Å². The first-order valence-corrected chi connectivity index (χ1v) is 15.8. The fraction of sp³-hybridized carbons (Fsp3) is 0.286. The number of carbonyl (C=O) groups excluding carboxylic acids is 5. The summed E-state index contributed by atoms with van der Waals surface area (Å²) in [7, 11) is 0. The average molecular weight is 596 g/mol. The molecule has 5 N–H and O–H groups in total. The molecule has 10 nitrogen and oxygen atoms in total. The van der Waals surface area contributed by atoms with E-state index in [9.17, 15) is 24.0 Å². The van der Waals surface area contributed by atoms with Gasteiger partial charge in [0.15, 0.2) is 0 Å². The third kappa shape index (κ3) is 2.50. The Morgan fingerprint density at radius 3 is 0.622 bits per heavy atom. The van der Waals surface area contributed by atoms with Crippen LogP contribution in [0.3, 0.4) is 0 Å². The standard InChI is InChI=1S/C35H25N5O5/c41-31-21-11(1-6-36-31)16-22-13(3-8-37-32(22)42)18-24-15(5-10-39-34(24)44)20-25-14(4-9-40-35(25)45)19-23-12(2-7-38-33(23)43)17(21)27-26(16)28(18)30(20)29(19)27/h1-10H2,(H,36,41)(H,37,42)(H,38,43)(H,39,44)(H,40,45). The first-order chi connectivity index (χ1) is 22.0. The molecule has 220 valence electrons. The van der Waals surface area contributed by atoms with Crippen LogP contribution in [-0.2, 0) is 32.1 Å². The number of hydrogen-bond acceptors (Lipinski definition) is 5. The highest BCUT2D eigenvalue weighted by molar-refractivity contribution is 6.51. The molecule has 10 heteroatoms. The lowest BCUT2D eigenvalue weighted by Crippen LogP contribution is -2.36. The molecule has 5 amide bonds. The molecule has 45 heavy (non-hydrogen) atoms. The zero-order valence-electron chi connectivity index (χ0n) is 24.1. The summed E-state index contributed by atoms with van der Waals surface area (Å²) in [5.74, 6) is -0.977. The van der Waals surface area contributed by atoms with Gasteiger partial charge in [-0.15, -0.1) is 0 Å². The third-order valence-electron chi connectivity index (χ3n) is 11.2. The summed E-state index contributed by atoms with van der Waals surface area (Å²) in [6.45, 7) is 2.20. The maximum absolute atomic E-state index is 14.0. The molecule has 0 saturated carbocycles. The predicted molar refractivity (Wildman–Crippen MR) is 168 cm³/mol. The Morgan fingerprint density at radius 1 is 0.267 bits per heavy atom. The highest BCUT2D eigenvalue weighted by Gasteiger charge is 2.42. The van der Waals surface area contributed by atoms with Gasteiger partial charge in [0.25, 0.3) is 29.5 Å². The van der Waals surface area contributed by atoms with Gasteiger partial charge in [0.1, 0.15) is 0 Å². The van der Waals surface area contributed by atoms with Gasteiger partial charge in [-0.3, -0.25) is 24.0 Å². The molecule has 6 aromatic carbocycles. The molecule has 5 aliphatic rings. The Bertz CT molecular complexity index is 2080. The van der Waals surface area contributed by atoms with Crippen LogP contribution in [0.5, 0.6) is 0 Å². The number of amides is 5. The second kappa shape index (κ2) is 7.69. The number of fused-ring (bicyclic) bond motifs is 15. The Morgan fingerprint density at radius 2 is 0.444 bits per heavy atom. The molecular weight excluding hydrogens is 570 g/mol. The average Bonchev–Trinajstić information content (AvgIpc) is 3.38. The quantitative estimate of drug-likeness (QED) is 0.171. The molecule has 5 heterocycles. The van der Waals surface area contributed by atoms with E-state index in [4.69, 9.17) is 0 Å². The van der Waals surface area contributed by atoms with E-state index in [1.54, 1.807) is 0 Å². The van der Waals surface area contributed by atoms with Crippen LogP contribution in [0.15, 0.2) is 0 Å². The lowest BCUT2D eigenvalue weighted by molar-refractivity contribution is 0.0935. The van der Waals surface area contributed by atoms with Crippen LogP contribution in [0.2, 0.25) is 0 Å². The van der Waals surface area contributed by atoms with Crippen LogP contribution >= 0.6 is 0 Å². The molecule has 0 aromatic heterocycles. The van der Waals surface area contributed by atoms with Gasteiger partial charge in [0.05, 0.1) is 27.8 Å². The lowest BCUT2D eigenvalue weighted by Gasteiger charge is -2.29. The highest BCUT2D eigenvalue weighted by Crippen LogP contribution is 2.58. The smallest absolute Gasteiger partial charge is 0.252 e. The molecule has 0 aliphatic carbocycles. The molecule has 0 saturated heterocycles. The summed E-state index contributed by atoms with van der Waals surface area (Å²) in [4.78, 5) is 69.8. The molecule has 6 aromatic rings. The fourth-order valence-corrected chi connectivity index (χ4v) is 9.84. The minimum Gasteiger partial charge on any atom is -0.352 e. The van der Waals surface area contributed by atoms with Gasteiger partial charge in [-0.05, 0) is 86.9 Å². The zero-order valence-corrected chi connectivity index (χ0v) is 24.1. The fourth-order valence-electron chi connectivity index (χ4n) is 9.84. The van der Waals surface area contributed by atoms with E-state index in [1.165, 1.54) is 0 Å². The maximum atomic E-state index is 14.0. The molecular formula is C35H25N5O5. The monoisotopic (exact) mass is 595 g/mol. The van der Waals surface area contributed by atoms with Crippen molar-refractivity contribution in [3.8, 4) is 0 Å². The zero-order chi connectivity index (χ0) is 30.0. The van der Waals surface area contributed by atoms with Crippen LogP contribution in [0.1, 0.15) is 79.6 Å². The van der Waals surface area contributed by atoms with Gasteiger partial charge < -0.3 is 26.6 Å². The molecule has 5 aliphatic heterocycles. The van der Waals surface area contributed by atoms with Crippen molar-refractivity contribution in [3.63, 3.8) is 0 Å². The number of benzene rings is 5. The van der Waals surface area contributed by atoms with Gasteiger partial charge in [-0.1, -0.05) is 0 Å². The Balaban J connectivity index is 1.59. The van der Waals surface area contributed by atoms with E-state index in [-0.39, 0.29) is 29.5 Å². The van der Waals surface area contributed by atoms with Gasteiger partial charge in [-0.2, -0.15) is 0 Å². The first-order valence-electron chi connectivity index (χ1n) is 15.8. The van der Waals surface area contributed by atoms with E-state index in [0.29, 0.717) is 92.6 Å². The summed E-state index contributed by atoms with van der Waals surface area (Å²) in [5.41, 5.74) is 6.90. The maximum Gasteiger partial charge on any atom is 0.252 e. The second-order valence-corrected chi connectivity index (χ2v) is 13.0. The van der Waals surface area contributed by atoms with Crippen LogP contribution in [-0.4, -0.2) is 62.3 Å². The van der Waals surface area contributed by atoms with E-state index in [2.05, 4.69) is 26.6 Å². The molecule has 11 rings (SSSR count). The van der Waals surface area contributed by atoms with Crippen LogP contribution < -0.4 is 26.6 Å². The van der Waals surface area contributed by atoms with E-state index < -0.39 is 0 Å². The predicted octanol–water partition coefficient (Wildman–Crippen LogP) is 2.20. The molecule has 0 unspecified atom stereocenters. The largest absolute Gasteiger partial charge is 0.352 e. The van der Waals surface area contributed by atoms with Gasteiger partial charge in [0.2, 0.25) is 0 Å².